The summed E-state index contributed by atoms with van der Waals surface area (Å²) < 4.78 is 16.7. The summed E-state index contributed by atoms with van der Waals surface area (Å²) in [5, 5.41) is 0. The lowest BCUT2D eigenvalue weighted by Gasteiger charge is -2.31. The van der Waals surface area contributed by atoms with Gasteiger partial charge in [-0.1, -0.05) is 34.6 Å². The van der Waals surface area contributed by atoms with Gasteiger partial charge in [-0.2, -0.15) is 0 Å². The molecule has 0 radical (unpaired) electrons. The van der Waals surface area contributed by atoms with E-state index in [0.29, 0.717) is 19.6 Å². The van der Waals surface area contributed by atoms with Crippen LogP contribution in [-0.2, 0) is 20.4 Å². The molecular formula is C22H36O4. The van der Waals surface area contributed by atoms with Crippen LogP contribution in [0.1, 0.15) is 78.9 Å². The van der Waals surface area contributed by atoms with E-state index in [1.54, 1.807) is 0 Å². The number of hydrogen-bond donors (Lipinski definition) is 0. The Morgan fingerprint density at radius 1 is 0.923 bits per heavy atom. The standard InChI is InChI=1S/C22H36O4/c1-9-25-18-15-17(22(6,7)13-11-12-20(23)24-8)19(26-10-2)14-16(18)21(3,4)5/h14-15H,9-13H2,1-8H3. The van der Waals surface area contributed by atoms with Gasteiger partial charge in [0.25, 0.3) is 0 Å². The van der Waals surface area contributed by atoms with Gasteiger partial charge >= 0.3 is 5.97 Å². The molecule has 0 spiro atoms. The summed E-state index contributed by atoms with van der Waals surface area (Å²) in [6.45, 7) is 16.2. The second-order valence-corrected chi connectivity index (χ2v) is 8.27. The smallest absolute Gasteiger partial charge is 0.305 e. The quantitative estimate of drug-likeness (QED) is 0.550. The number of esters is 1. The van der Waals surface area contributed by atoms with E-state index in [9.17, 15) is 4.79 Å². The summed E-state index contributed by atoms with van der Waals surface area (Å²) in [5.41, 5.74) is 2.10. The van der Waals surface area contributed by atoms with E-state index in [2.05, 4.69) is 46.8 Å². The van der Waals surface area contributed by atoms with E-state index in [1.807, 2.05) is 13.8 Å². The molecule has 148 valence electrons. The predicted octanol–water partition coefficient (Wildman–Crippen LogP) is 5.40. The second-order valence-electron chi connectivity index (χ2n) is 8.27. The van der Waals surface area contributed by atoms with Crippen LogP contribution in [0.4, 0.5) is 0 Å². The molecule has 26 heavy (non-hydrogen) atoms. The zero-order valence-corrected chi connectivity index (χ0v) is 17.8. The van der Waals surface area contributed by atoms with Gasteiger partial charge in [-0.15, -0.1) is 0 Å². The van der Waals surface area contributed by atoms with Crippen LogP contribution >= 0.6 is 0 Å². The number of rotatable bonds is 9. The Morgan fingerprint density at radius 2 is 1.42 bits per heavy atom. The van der Waals surface area contributed by atoms with Crippen LogP contribution in [0.3, 0.4) is 0 Å². The minimum absolute atomic E-state index is 0.0378. The highest BCUT2D eigenvalue weighted by Crippen LogP contribution is 2.43. The number of carbonyl (C=O) groups is 1. The number of benzene rings is 1. The van der Waals surface area contributed by atoms with Crippen molar-refractivity contribution >= 4 is 5.97 Å². The zero-order chi connectivity index (χ0) is 20.0. The monoisotopic (exact) mass is 364 g/mol. The van der Waals surface area contributed by atoms with Crippen LogP contribution in [0.25, 0.3) is 0 Å². The molecule has 0 atom stereocenters. The highest BCUT2D eigenvalue weighted by atomic mass is 16.5. The van der Waals surface area contributed by atoms with Gasteiger partial charge < -0.3 is 14.2 Å². The lowest BCUT2D eigenvalue weighted by atomic mass is 9.77. The first kappa shape index (κ1) is 22.3. The van der Waals surface area contributed by atoms with E-state index < -0.39 is 0 Å². The fourth-order valence-electron chi connectivity index (χ4n) is 3.14. The number of hydrogen-bond acceptors (Lipinski definition) is 4. The van der Waals surface area contributed by atoms with E-state index in [0.717, 1.165) is 35.5 Å². The number of carbonyl (C=O) groups excluding carboxylic acids is 1. The summed E-state index contributed by atoms with van der Waals surface area (Å²) in [6, 6.07) is 4.26. The van der Waals surface area contributed by atoms with Crippen molar-refractivity contribution in [3.05, 3.63) is 23.3 Å². The predicted molar refractivity (Wildman–Crippen MR) is 106 cm³/mol. The maximum Gasteiger partial charge on any atom is 0.305 e. The Labute approximate surface area is 159 Å². The first-order valence-electron chi connectivity index (χ1n) is 9.58. The van der Waals surface area contributed by atoms with E-state index in [1.165, 1.54) is 7.11 Å². The molecule has 0 amide bonds. The average molecular weight is 365 g/mol. The first-order chi connectivity index (χ1) is 12.1. The van der Waals surface area contributed by atoms with E-state index in [4.69, 9.17) is 14.2 Å². The molecule has 0 aliphatic rings. The molecule has 0 aliphatic carbocycles. The van der Waals surface area contributed by atoms with Gasteiger partial charge in [0.15, 0.2) is 0 Å². The first-order valence-corrected chi connectivity index (χ1v) is 9.58. The van der Waals surface area contributed by atoms with Crippen molar-refractivity contribution in [2.45, 2.75) is 78.6 Å². The van der Waals surface area contributed by atoms with Gasteiger partial charge in [-0.05, 0) is 49.7 Å². The second kappa shape index (κ2) is 9.29. The van der Waals surface area contributed by atoms with Crippen LogP contribution in [0, 0.1) is 0 Å². The van der Waals surface area contributed by atoms with Gasteiger partial charge in [-0.25, -0.2) is 0 Å². The molecule has 1 rings (SSSR count). The molecule has 4 heteroatoms. The topological polar surface area (TPSA) is 44.8 Å². The van der Waals surface area contributed by atoms with Crippen molar-refractivity contribution in [2.75, 3.05) is 20.3 Å². The van der Waals surface area contributed by atoms with Crippen molar-refractivity contribution in [3.63, 3.8) is 0 Å². The van der Waals surface area contributed by atoms with Crippen molar-refractivity contribution < 1.29 is 19.0 Å². The van der Waals surface area contributed by atoms with Crippen molar-refractivity contribution in [1.29, 1.82) is 0 Å². The Bertz CT molecular complexity index is 597. The molecule has 0 fully saturated rings. The molecule has 0 N–H and O–H groups in total. The molecule has 0 aromatic heterocycles. The maximum atomic E-state index is 11.4. The maximum absolute atomic E-state index is 11.4. The summed E-state index contributed by atoms with van der Waals surface area (Å²) in [4.78, 5) is 11.4. The summed E-state index contributed by atoms with van der Waals surface area (Å²) in [6.07, 6.45) is 2.07. The molecule has 0 saturated heterocycles. The summed E-state index contributed by atoms with van der Waals surface area (Å²) >= 11 is 0. The van der Waals surface area contributed by atoms with Gasteiger partial charge in [-0.3, -0.25) is 4.79 Å². The summed E-state index contributed by atoms with van der Waals surface area (Å²) in [7, 11) is 1.43. The fraction of sp³-hybridized carbons (Fsp3) is 0.682. The van der Waals surface area contributed by atoms with Gasteiger partial charge in [0.05, 0.1) is 20.3 Å². The van der Waals surface area contributed by atoms with Crippen LogP contribution in [-0.4, -0.2) is 26.3 Å². The van der Waals surface area contributed by atoms with Crippen LogP contribution < -0.4 is 9.47 Å². The molecule has 1 aromatic carbocycles. The van der Waals surface area contributed by atoms with E-state index in [-0.39, 0.29) is 16.8 Å². The molecule has 0 bridgehead atoms. The minimum Gasteiger partial charge on any atom is -0.494 e. The molecule has 0 heterocycles. The number of ether oxygens (including phenoxy) is 3. The molecule has 0 saturated carbocycles. The summed E-state index contributed by atoms with van der Waals surface area (Å²) in [5.74, 6) is 1.66. The van der Waals surface area contributed by atoms with Gasteiger partial charge in [0.1, 0.15) is 11.5 Å². The molecule has 0 aliphatic heterocycles. The van der Waals surface area contributed by atoms with E-state index >= 15 is 0 Å². The Kier molecular flexibility index (Phi) is 7.98. The Hall–Kier alpha value is -1.71. The molecule has 1 aromatic rings. The molecular weight excluding hydrogens is 328 g/mol. The lowest BCUT2D eigenvalue weighted by molar-refractivity contribution is -0.140. The zero-order valence-electron chi connectivity index (χ0n) is 17.8. The minimum atomic E-state index is -0.163. The van der Waals surface area contributed by atoms with Gasteiger partial charge in [0.2, 0.25) is 0 Å². The Morgan fingerprint density at radius 3 is 1.88 bits per heavy atom. The van der Waals surface area contributed by atoms with Crippen LogP contribution in [0.15, 0.2) is 12.1 Å². The number of methoxy groups -OCH3 is 1. The highest BCUT2D eigenvalue weighted by Gasteiger charge is 2.29. The SMILES string of the molecule is CCOc1cc(C(C)(C)CCCC(=O)OC)c(OCC)cc1C(C)(C)C. The van der Waals surface area contributed by atoms with Crippen molar-refractivity contribution in [2.24, 2.45) is 0 Å². The van der Waals surface area contributed by atoms with Crippen LogP contribution in [0.5, 0.6) is 11.5 Å². The highest BCUT2D eigenvalue weighted by molar-refractivity contribution is 5.69. The third-order valence-electron chi connectivity index (χ3n) is 4.63. The fourth-order valence-corrected chi connectivity index (χ4v) is 3.14. The normalized spacial score (nSPS) is 12.0. The Balaban J connectivity index is 3.29. The van der Waals surface area contributed by atoms with Gasteiger partial charge in [0, 0.05) is 17.5 Å². The largest absolute Gasteiger partial charge is 0.494 e. The molecule has 4 nitrogen and oxygen atoms in total. The third-order valence-corrected chi connectivity index (χ3v) is 4.63. The van der Waals surface area contributed by atoms with Crippen LogP contribution in [0.2, 0.25) is 0 Å². The third kappa shape index (κ3) is 5.93. The van der Waals surface area contributed by atoms with Crippen molar-refractivity contribution in [3.8, 4) is 11.5 Å². The average Bonchev–Trinajstić information content (AvgIpc) is 2.54. The molecule has 0 unspecified atom stereocenters. The lowest BCUT2D eigenvalue weighted by Crippen LogP contribution is -2.21. The van der Waals surface area contributed by atoms with Crippen molar-refractivity contribution in [1.82, 2.24) is 0 Å².